The summed E-state index contributed by atoms with van der Waals surface area (Å²) in [5.74, 6) is 0.514. The summed E-state index contributed by atoms with van der Waals surface area (Å²) in [5, 5.41) is 8.82. The molecule has 3 N–H and O–H groups in total. The van der Waals surface area contributed by atoms with Crippen molar-refractivity contribution in [2.24, 2.45) is 5.41 Å². The molecule has 0 fully saturated rings. The molecule has 0 unspecified atom stereocenters. The van der Waals surface area contributed by atoms with Crippen LogP contribution in [-0.2, 0) is 9.59 Å². The number of unbranched alkanes of at least 4 members (excludes halogenated alkanes) is 1. The molecule has 0 aliphatic carbocycles. The van der Waals surface area contributed by atoms with Gasteiger partial charge in [0, 0.05) is 28.5 Å². The van der Waals surface area contributed by atoms with Gasteiger partial charge in [-0.05, 0) is 36.8 Å². The highest BCUT2D eigenvalue weighted by atomic mass is 16.5. The highest BCUT2D eigenvalue weighted by Crippen LogP contribution is 2.20. The highest BCUT2D eigenvalue weighted by Gasteiger charge is 2.21. The Morgan fingerprint density at radius 3 is 2.28 bits per heavy atom. The van der Waals surface area contributed by atoms with E-state index >= 15 is 0 Å². The van der Waals surface area contributed by atoms with Crippen LogP contribution in [0, 0.1) is 5.41 Å². The van der Waals surface area contributed by atoms with E-state index in [1.165, 1.54) is 0 Å². The van der Waals surface area contributed by atoms with Gasteiger partial charge in [-0.2, -0.15) is 0 Å². The van der Waals surface area contributed by atoms with E-state index in [4.69, 9.17) is 4.74 Å². The second kappa shape index (κ2) is 10.5. The fourth-order valence-corrected chi connectivity index (χ4v) is 2.41. The predicted octanol–water partition coefficient (Wildman–Crippen LogP) is 4.90. The monoisotopic (exact) mass is 397 g/mol. The van der Waals surface area contributed by atoms with Gasteiger partial charge in [0.1, 0.15) is 5.75 Å². The fourth-order valence-electron chi connectivity index (χ4n) is 2.41. The summed E-state index contributed by atoms with van der Waals surface area (Å²) in [6, 6.07) is 14.7. The molecule has 0 aromatic heterocycles. The minimum Gasteiger partial charge on any atom is -0.494 e. The highest BCUT2D eigenvalue weighted by molar-refractivity contribution is 5.95. The molecule has 2 aromatic rings. The van der Waals surface area contributed by atoms with E-state index in [9.17, 15) is 9.59 Å². The van der Waals surface area contributed by atoms with Crippen molar-refractivity contribution in [1.82, 2.24) is 0 Å². The zero-order valence-corrected chi connectivity index (χ0v) is 17.7. The van der Waals surface area contributed by atoms with Crippen LogP contribution < -0.4 is 20.7 Å². The molecule has 2 aromatic carbocycles. The number of hydrogen-bond acceptors (Lipinski definition) is 4. The summed E-state index contributed by atoms with van der Waals surface area (Å²) < 4.78 is 5.67. The van der Waals surface area contributed by atoms with Crippen LogP contribution in [0.25, 0.3) is 0 Å². The van der Waals surface area contributed by atoms with Crippen LogP contribution in [0.4, 0.5) is 17.1 Å². The molecule has 2 amide bonds. The molecule has 29 heavy (non-hydrogen) atoms. The molecular formula is C23H31N3O3. The Hall–Kier alpha value is -3.02. The molecule has 0 aliphatic heterocycles. The maximum Gasteiger partial charge on any atom is 0.243 e. The van der Waals surface area contributed by atoms with E-state index in [0.29, 0.717) is 18.0 Å². The molecule has 0 heterocycles. The summed E-state index contributed by atoms with van der Waals surface area (Å²) in [6.45, 7) is 8.46. The second-order valence-corrected chi connectivity index (χ2v) is 7.92. The van der Waals surface area contributed by atoms with Gasteiger partial charge in [0.25, 0.3) is 0 Å². The third-order valence-electron chi connectivity index (χ3n) is 4.14. The van der Waals surface area contributed by atoms with E-state index in [1.54, 1.807) is 6.07 Å². The molecule has 6 heteroatoms. The third kappa shape index (κ3) is 7.86. The zero-order valence-electron chi connectivity index (χ0n) is 17.7. The number of rotatable bonds is 9. The van der Waals surface area contributed by atoms with Crippen molar-refractivity contribution in [2.45, 2.75) is 40.5 Å². The lowest BCUT2D eigenvalue weighted by Gasteiger charge is -2.18. The van der Waals surface area contributed by atoms with Gasteiger partial charge in [-0.3, -0.25) is 9.59 Å². The zero-order chi connectivity index (χ0) is 21.3. The molecule has 0 atom stereocenters. The maximum atomic E-state index is 12.3. The summed E-state index contributed by atoms with van der Waals surface area (Å²) in [6.07, 6.45) is 2.07. The molecule has 6 nitrogen and oxygen atoms in total. The van der Waals surface area contributed by atoms with E-state index in [-0.39, 0.29) is 18.4 Å². The van der Waals surface area contributed by atoms with Gasteiger partial charge in [0.15, 0.2) is 0 Å². The molecule has 0 saturated carbocycles. The first kappa shape index (κ1) is 22.3. The van der Waals surface area contributed by atoms with Crippen LogP contribution in [-0.4, -0.2) is 25.0 Å². The third-order valence-corrected chi connectivity index (χ3v) is 4.14. The lowest BCUT2D eigenvalue weighted by molar-refractivity contribution is -0.123. The van der Waals surface area contributed by atoms with Crippen molar-refractivity contribution in [3.63, 3.8) is 0 Å². The average Bonchev–Trinajstić information content (AvgIpc) is 2.66. The van der Waals surface area contributed by atoms with E-state index in [1.807, 2.05) is 63.2 Å². The number of ether oxygens (including phenoxy) is 1. The minimum atomic E-state index is -0.474. The molecule has 0 spiro atoms. The molecule has 0 aliphatic rings. The van der Waals surface area contributed by atoms with E-state index < -0.39 is 5.41 Å². The van der Waals surface area contributed by atoms with Crippen LogP contribution in [0.3, 0.4) is 0 Å². The average molecular weight is 398 g/mol. The van der Waals surface area contributed by atoms with E-state index in [0.717, 1.165) is 24.3 Å². The van der Waals surface area contributed by atoms with Crippen LogP contribution >= 0.6 is 0 Å². The molecule has 156 valence electrons. The van der Waals surface area contributed by atoms with Gasteiger partial charge in [-0.15, -0.1) is 0 Å². The summed E-state index contributed by atoms with van der Waals surface area (Å²) in [5.41, 5.74) is 1.66. The number of carbonyl (C=O) groups excluding carboxylic acids is 2. The quantitative estimate of drug-likeness (QED) is 0.526. The Morgan fingerprint density at radius 1 is 0.931 bits per heavy atom. The predicted molar refractivity (Wildman–Crippen MR) is 118 cm³/mol. The Balaban J connectivity index is 1.87. The summed E-state index contributed by atoms with van der Waals surface area (Å²) >= 11 is 0. The Morgan fingerprint density at radius 2 is 1.59 bits per heavy atom. The smallest absolute Gasteiger partial charge is 0.243 e. The number of amides is 2. The summed E-state index contributed by atoms with van der Waals surface area (Å²) in [7, 11) is 0. The molecular weight excluding hydrogens is 366 g/mol. The first-order valence-corrected chi connectivity index (χ1v) is 9.96. The Kier molecular flexibility index (Phi) is 8.07. The standard InChI is InChI=1S/C23H31N3O3/c1-5-6-13-29-20-12-8-11-19(15-20)25-21(27)16-24-17-9-7-10-18(14-17)26-22(28)23(2,3)4/h7-12,14-15,24H,5-6,13,16H2,1-4H3,(H,25,27)(H,26,28). The topological polar surface area (TPSA) is 79.5 Å². The fraction of sp³-hybridized carbons (Fsp3) is 0.391. The lowest BCUT2D eigenvalue weighted by Crippen LogP contribution is -2.27. The second-order valence-electron chi connectivity index (χ2n) is 7.92. The van der Waals surface area contributed by atoms with Gasteiger partial charge in [-0.25, -0.2) is 0 Å². The van der Waals surface area contributed by atoms with Gasteiger partial charge in [-0.1, -0.05) is 46.2 Å². The molecule has 0 saturated heterocycles. The molecule has 0 bridgehead atoms. The van der Waals surface area contributed by atoms with Crippen LogP contribution in [0.15, 0.2) is 48.5 Å². The molecule has 2 rings (SSSR count). The Labute approximate surface area is 173 Å². The van der Waals surface area contributed by atoms with Gasteiger partial charge in [0.05, 0.1) is 13.2 Å². The number of hydrogen-bond donors (Lipinski definition) is 3. The first-order chi connectivity index (χ1) is 13.8. The van der Waals surface area contributed by atoms with Crippen LogP contribution in [0.1, 0.15) is 40.5 Å². The van der Waals surface area contributed by atoms with Gasteiger partial charge >= 0.3 is 0 Å². The first-order valence-electron chi connectivity index (χ1n) is 9.96. The number of benzene rings is 2. The van der Waals surface area contributed by atoms with Crippen LogP contribution in [0.2, 0.25) is 0 Å². The molecule has 0 radical (unpaired) electrons. The SMILES string of the molecule is CCCCOc1cccc(NC(=O)CNc2cccc(NC(=O)C(C)(C)C)c2)c1. The van der Waals surface area contributed by atoms with E-state index in [2.05, 4.69) is 22.9 Å². The largest absolute Gasteiger partial charge is 0.494 e. The van der Waals surface area contributed by atoms with Crippen molar-refractivity contribution in [3.05, 3.63) is 48.5 Å². The van der Waals surface area contributed by atoms with Crippen molar-refractivity contribution < 1.29 is 14.3 Å². The van der Waals surface area contributed by atoms with Crippen molar-refractivity contribution >= 4 is 28.9 Å². The summed E-state index contributed by atoms with van der Waals surface area (Å²) in [4.78, 5) is 24.4. The van der Waals surface area contributed by atoms with Crippen molar-refractivity contribution in [3.8, 4) is 5.75 Å². The number of carbonyl (C=O) groups is 2. The lowest BCUT2D eigenvalue weighted by atomic mass is 9.95. The normalized spacial score (nSPS) is 10.9. The minimum absolute atomic E-state index is 0.0616. The maximum absolute atomic E-state index is 12.3. The van der Waals surface area contributed by atoms with Crippen molar-refractivity contribution in [1.29, 1.82) is 0 Å². The Bertz CT molecular complexity index is 828. The van der Waals surface area contributed by atoms with Crippen molar-refractivity contribution in [2.75, 3.05) is 29.1 Å². The van der Waals surface area contributed by atoms with Gasteiger partial charge in [0.2, 0.25) is 11.8 Å². The van der Waals surface area contributed by atoms with Crippen LogP contribution in [0.5, 0.6) is 5.75 Å². The number of anilines is 3. The van der Waals surface area contributed by atoms with Gasteiger partial charge < -0.3 is 20.7 Å². The number of nitrogens with one attached hydrogen (secondary N) is 3.